The fourth-order valence-corrected chi connectivity index (χ4v) is 14.8. The van der Waals surface area contributed by atoms with Gasteiger partial charge in [0.05, 0.1) is 17.3 Å². The zero-order chi connectivity index (χ0) is 46.6. The highest BCUT2D eigenvalue weighted by molar-refractivity contribution is 7.20. The SMILES string of the molecule is C1=Cc2sc3cc(C4=NC(C5CC(C6CCC7=Cc8ccccc8CC7c7ccccc76)=Cc6oc7ccccc7c65)CCC(c5ccc6c(c5)c5c(n6-c6ccccc6)C=CCC5)=N4)ccc3c2CC1. The molecule has 4 atom stereocenters. The van der Waals surface area contributed by atoms with E-state index in [1.807, 2.05) is 11.3 Å². The van der Waals surface area contributed by atoms with Gasteiger partial charge < -0.3 is 8.98 Å². The summed E-state index contributed by atoms with van der Waals surface area (Å²) in [5.74, 6) is 2.65. The summed E-state index contributed by atoms with van der Waals surface area (Å²) in [6, 6.07) is 52.1. The van der Waals surface area contributed by atoms with Gasteiger partial charge >= 0.3 is 0 Å². The lowest BCUT2D eigenvalue weighted by Crippen LogP contribution is -2.23. The second kappa shape index (κ2) is 16.6. The molecule has 0 bridgehead atoms. The molecule has 6 aromatic carbocycles. The van der Waals surface area contributed by atoms with Gasteiger partial charge in [-0.1, -0.05) is 133 Å². The van der Waals surface area contributed by atoms with Crippen molar-refractivity contribution < 1.29 is 4.42 Å². The Morgan fingerprint density at radius 3 is 2.34 bits per heavy atom. The zero-order valence-corrected chi connectivity index (χ0v) is 40.6. The molecule has 4 unspecified atom stereocenters. The normalized spacial score (nSPS) is 21.2. The van der Waals surface area contributed by atoms with E-state index in [4.69, 9.17) is 14.4 Å². The van der Waals surface area contributed by atoms with Crippen LogP contribution in [0.1, 0.15) is 129 Å². The molecule has 4 nitrogen and oxygen atoms in total. The van der Waals surface area contributed by atoms with Crippen molar-refractivity contribution in [2.24, 2.45) is 9.98 Å². The molecule has 6 aliphatic rings. The highest BCUT2D eigenvalue weighted by Crippen LogP contribution is 2.53. The van der Waals surface area contributed by atoms with Gasteiger partial charge in [-0.25, -0.2) is 4.99 Å². The van der Waals surface area contributed by atoms with E-state index in [2.05, 4.69) is 181 Å². The minimum absolute atomic E-state index is 0.0218. The van der Waals surface area contributed by atoms with E-state index in [0.29, 0.717) is 5.92 Å². The Labute approximate surface area is 418 Å². The maximum atomic E-state index is 6.95. The lowest BCUT2D eigenvalue weighted by Gasteiger charge is -2.32. The molecule has 0 saturated carbocycles. The van der Waals surface area contributed by atoms with Crippen LogP contribution in [0.2, 0.25) is 0 Å². The average molecular weight is 936 g/mol. The first-order chi connectivity index (χ1) is 35.2. The summed E-state index contributed by atoms with van der Waals surface area (Å²) in [6.07, 6.45) is 24.4. The molecule has 0 N–H and O–H groups in total. The molecule has 5 aliphatic carbocycles. The fourth-order valence-electron chi connectivity index (χ4n) is 13.5. The first-order valence-electron chi connectivity index (χ1n) is 26.0. The number of hydrogen-bond acceptors (Lipinski definition) is 4. The van der Waals surface area contributed by atoms with Crippen molar-refractivity contribution in [1.29, 1.82) is 0 Å². The Morgan fingerprint density at radius 1 is 0.606 bits per heavy atom. The molecule has 344 valence electrons. The number of allylic oxidation sites excluding steroid dienone is 4. The van der Waals surface area contributed by atoms with E-state index >= 15 is 0 Å². The maximum absolute atomic E-state index is 6.95. The van der Waals surface area contributed by atoms with Crippen LogP contribution in [0.5, 0.6) is 0 Å². The van der Waals surface area contributed by atoms with Gasteiger partial charge in [0.15, 0.2) is 5.84 Å². The molecule has 0 saturated heterocycles. The molecular weight excluding hydrogens is 883 g/mol. The summed E-state index contributed by atoms with van der Waals surface area (Å²) in [5, 5.41) is 3.91. The first-order valence-corrected chi connectivity index (χ1v) is 26.8. The number of aliphatic imine (C=N–C) groups is 2. The zero-order valence-electron chi connectivity index (χ0n) is 39.8. The number of benzene rings is 6. The number of aryl methyl sites for hydroxylation is 2. The quantitative estimate of drug-likeness (QED) is 0.170. The summed E-state index contributed by atoms with van der Waals surface area (Å²) in [4.78, 5) is 13.1. The number of nitrogens with zero attached hydrogens (tertiary/aromatic N) is 3. The molecule has 4 heterocycles. The van der Waals surface area contributed by atoms with E-state index in [1.165, 1.54) is 92.7 Å². The van der Waals surface area contributed by atoms with Gasteiger partial charge in [0, 0.05) is 60.6 Å². The number of para-hydroxylation sites is 2. The maximum Gasteiger partial charge on any atom is 0.155 e. The Hall–Kier alpha value is -7.34. The summed E-state index contributed by atoms with van der Waals surface area (Å²) in [5.41, 5.74) is 21.2. The van der Waals surface area contributed by atoms with Crippen LogP contribution >= 0.6 is 11.3 Å². The second-order valence-electron chi connectivity index (χ2n) is 20.7. The molecule has 1 aliphatic heterocycles. The smallest absolute Gasteiger partial charge is 0.155 e. The number of furan rings is 1. The molecule has 9 aromatic rings. The third-order valence-electron chi connectivity index (χ3n) is 16.9. The van der Waals surface area contributed by atoms with Crippen molar-refractivity contribution in [2.75, 3.05) is 0 Å². The molecule has 0 radical (unpaired) electrons. The standard InChI is InChI=1S/C66H53N3OS/c1-2-16-46(17-3-1)69-59-23-11-8-20-50(59)55-36-43(28-33-60(55)69)57-31-32-58(68-66(67-57)44-27-30-52-51-21-10-13-25-63(51)71-64(52)39-44)56-37-45(38-62-65(56)53-22-9-12-24-61(53)70-62)47-29-26-42-34-40-14-4-5-15-41(40)35-54(42)49-19-7-6-18-48(47)49/h1-7,9,11-19,22-25,27-28,30,33-34,36,38-39,47,54,56,58H,8,10,20-21,26,29,31-32,35,37H2. The third kappa shape index (κ3) is 6.84. The molecule has 0 amide bonds. The predicted molar refractivity (Wildman–Crippen MR) is 297 cm³/mol. The molecule has 0 spiro atoms. The van der Waals surface area contributed by atoms with Crippen LogP contribution in [-0.2, 0) is 19.3 Å². The average Bonchev–Trinajstić information content (AvgIpc) is 3.99. The summed E-state index contributed by atoms with van der Waals surface area (Å²) in [7, 11) is 0. The molecule has 15 rings (SSSR count). The molecule has 3 aromatic heterocycles. The van der Waals surface area contributed by atoms with Crippen LogP contribution in [0, 0.1) is 0 Å². The highest BCUT2D eigenvalue weighted by atomic mass is 32.1. The minimum atomic E-state index is -0.0218. The van der Waals surface area contributed by atoms with E-state index in [0.717, 1.165) is 92.7 Å². The lowest BCUT2D eigenvalue weighted by molar-refractivity contribution is 0.478. The Balaban J connectivity index is 0.859. The molecule has 0 fully saturated rings. The largest absolute Gasteiger partial charge is 0.456 e. The van der Waals surface area contributed by atoms with Gasteiger partial charge in [0.2, 0.25) is 0 Å². The van der Waals surface area contributed by atoms with Crippen LogP contribution in [0.15, 0.2) is 177 Å². The van der Waals surface area contributed by atoms with Gasteiger partial charge in [-0.05, 0) is 163 Å². The topological polar surface area (TPSA) is 42.8 Å². The lowest BCUT2D eigenvalue weighted by atomic mass is 9.73. The highest BCUT2D eigenvalue weighted by Gasteiger charge is 2.39. The van der Waals surface area contributed by atoms with Crippen molar-refractivity contribution >= 4 is 79.1 Å². The van der Waals surface area contributed by atoms with Crippen molar-refractivity contribution in [3.8, 4) is 5.69 Å². The fraction of sp³-hybridized carbons (Fsp3) is 0.212. The van der Waals surface area contributed by atoms with E-state index in [-0.39, 0.29) is 17.9 Å². The first kappa shape index (κ1) is 41.4. The van der Waals surface area contributed by atoms with Crippen LogP contribution in [-0.4, -0.2) is 22.2 Å². The van der Waals surface area contributed by atoms with Crippen LogP contribution < -0.4 is 0 Å². The Morgan fingerprint density at radius 2 is 1.41 bits per heavy atom. The van der Waals surface area contributed by atoms with E-state index < -0.39 is 0 Å². The summed E-state index contributed by atoms with van der Waals surface area (Å²) >= 11 is 1.91. The molecular formula is C66H53N3OS. The number of rotatable bonds is 5. The van der Waals surface area contributed by atoms with Crippen molar-refractivity contribution in [1.82, 2.24) is 4.57 Å². The van der Waals surface area contributed by atoms with Gasteiger partial charge in [-0.3, -0.25) is 4.99 Å². The number of fused-ring (bicyclic) bond motifs is 13. The number of amidine groups is 1. The van der Waals surface area contributed by atoms with Crippen molar-refractivity contribution in [2.45, 2.75) is 88.0 Å². The van der Waals surface area contributed by atoms with Crippen LogP contribution in [0.3, 0.4) is 0 Å². The Kier molecular flexibility index (Phi) is 9.71. The number of hydrogen-bond donors (Lipinski definition) is 0. The van der Waals surface area contributed by atoms with Crippen LogP contribution in [0.4, 0.5) is 0 Å². The van der Waals surface area contributed by atoms with E-state index in [1.54, 1.807) is 5.57 Å². The second-order valence-corrected chi connectivity index (χ2v) is 21.8. The van der Waals surface area contributed by atoms with Crippen molar-refractivity contribution in [3.63, 3.8) is 0 Å². The monoisotopic (exact) mass is 935 g/mol. The van der Waals surface area contributed by atoms with Crippen LogP contribution in [0.25, 0.3) is 61.9 Å². The predicted octanol–water partition coefficient (Wildman–Crippen LogP) is 16.8. The molecule has 71 heavy (non-hydrogen) atoms. The number of aromatic nitrogens is 1. The third-order valence-corrected chi connectivity index (χ3v) is 18.0. The van der Waals surface area contributed by atoms with Gasteiger partial charge in [-0.2, -0.15) is 0 Å². The van der Waals surface area contributed by atoms with E-state index in [9.17, 15) is 0 Å². The van der Waals surface area contributed by atoms with Gasteiger partial charge in [0.25, 0.3) is 0 Å². The van der Waals surface area contributed by atoms with Gasteiger partial charge in [-0.15, -0.1) is 11.3 Å². The molecule has 5 heteroatoms. The minimum Gasteiger partial charge on any atom is -0.456 e. The Bertz CT molecular complexity index is 3860. The van der Waals surface area contributed by atoms with Gasteiger partial charge in [0.1, 0.15) is 11.3 Å². The van der Waals surface area contributed by atoms with Crippen molar-refractivity contribution in [3.05, 3.63) is 229 Å². The summed E-state index contributed by atoms with van der Waals surface area (Å²) in [6.45, 7) is 0. The summed E-state index contributed by atoms with van der Waals surface area (Å²) < 4.78 is 10.7. The number of thiophene rings is 1.